The number of H-pyrrole nitrogens is 1. The fourth-order valence-corrected chi connectivity index (χ4v) is 1.65. The number of hydrogen-bond donors (Lipinski definition) is 2. The number of aromatic nitrogens is 2. The molecule has 0 aliphatic heterocycles. The van der Waals surface area contributed by atoms with Gasteiger partial charge in [0, 0.05) is 18.1 Å². The van der Waals surface area contributed by atoms with E-state index >= 15 is 0 Å². The maximum atomic E-state index is 11.4. The van der Waals surface area contributed by atoms with E-state index in [4.69, 9.17) is 0 Å². The number of carbonyl (C=O) groups excluding carboxylic acids is 1. The summed E-state index contributed by atoms with van der Waals surface area (Å²) in [5.41, 5.74) is 0.593. The van der Waals surface area contributed by atoms with Crippen LogP contribution in [0, 0.1) is 0 Å². The van der Waals surface area contributed by atoms with E-state index < -0.39 is 0 Å². The molecule has 1 heterocycles. The van der Waals surface area contributed by atoms with Crippen LogP contribution in [0.5, 0.6) is 0 Å². The summed E-state index contributed by atoms with van der Waals surface area (Å²) in [6.07, 6.45) is 7.75. The van der Waals surface area contributed by atoms with E-state index in [2.05, 4.69) is 31.4 Å². The predicted octanol–water partition coefficient (Wildman–Crippen LogP) is 2.09. The van der Waals surface area contributed by atoms with Crippen LogP contribution in [-0.4, -0.2) is 28.0 Å². The van der Waals surface area contributed by atoms with Crippen molar-refractivity contribution in [3.63, 3.8) is 0 Å². The third kappa shape index (κ3) is 4.97. The summed E-state index contributed by atoms with van der Waals surface area (Å²) in [6.45, 7) is 0.742. The number of hydrogen-bond acceptors (Lipinski definition) is 2. The fourth-order valence-electron chi connectivity index (χ4n) is 1.25. The molecule has 0 aliphatic rings. The van der Waals surface area contributed by atoms with Gasteiger partial charge in [-0.1, -0.05) is 28.8 Å². The fraction of sp³-hybridized carbons (Fsp3) is 0.600. The molecule has 0 aromatic carbocycles. The van der Waals surface area contributed by atoms with Crippen molar-refractivity contribution in [3.8, 4) is 0 Å². The third-order valence-corrected chi connectivity index (χ3v) is 2.67. The maximum Gasteiger partial charge on any atom is 0.254 e. The van der Waals surface area contributed by atoms with Crippen molar-refractivity contribution in [1.29, 1.82) is 0 Å². The van der Waals surface area contributed by atoms with Gasteiger partial charge in [0.25, 0.3) is 5.91 Å². The molecule has 1 aromatic heterocycles. The average Bonchev–Trinajstić information content (AvgIpc) is 2.76. The molecule has 1 amide bonds. The molecule has 0 saturated carbocycles. The molecule has 0 bridgehead atoms. The maximum absolute atomic E-state index is 11.4. The molecule has 1 rings (SSSR count). The first kappa shape index (κ1) is 12.2. The Hall–Kier alpha value is -0.840. The Morgan fingerprint density at radius 1 is 1.40 bits per heavy atom. The first-order chi connectivity index (χ1) is 7.34. The van der Waals surface area contributed by atoms with Gasteiger partial charge in [0.05, 0.1) is 11.8 Å². The highest BCUT2D eigenvalue weighted by Gasteiger charge is 2.04. The Balaban J connectivity index is 2.03. The van der Waals surface area contributed by atoms with Crippen molar-refractivity contribution in [2.45, 2.75) is 25.7 Å². The minimum absolute atomic E-state index is 0.0516. The van der Waals surface area contributed by atoms with Crippen molar-refractivity contribution in [2.75, 3.05) is 11.9 Å². The van der Waals surface area contributed by atoms with Gasteiger partial charge in [-0.25, -0.2) is 0 Å². The largest absolute Gasteiger partial charge is 0.352 e. The second kappa shape index (κ2) is 7.45. The predicted molar refractivity (Wildman–Crippen MR) is 63.2 cm³/mol. The van der Waals surface area contributed by atoms with Crippen LogP contribution < -0.4 is 5.32 Å². The zero-order valence-electron chi connectivity index (χ0n) is 8.63. The summed E-state index contributed by atoms with van der Waals surface area (Å²) in [7, 11) is 0. The molecule has 0 fully saturated rings. The number of carbonyl (C=O) groups is 1. The van der Waals surface area contributed by atoms with Crippen LogP contribution in [0.25, 0.3) is 0 Å². The van der Waals surface area contributed by atoms with Gasteiger partial charge in [0.1, 0.15) is 0 Å². The van der Waals surface area contributed by atoms with E-state index in [0.717, 1.165) is 24.7 Å². The monoisotopic (exact) mass is 273 g/mol. The van der Waals surface area contributed by atoms with E-state index in [1.54, 1.807) is 6.20 Å². The quantitative estimate of drug-likeness (QED) is 0.591. The van der Waals surface area contributed by atoms with Crippen LogP contribution in [0.1, 0.15) is 36.0 Å². The lowest BCUT2D eigenvalue weighted by atomic mass is 10.2. The highest BCUT2D eigenvalue weighted by atomic mass is 79.9. The third-order valence-electron chi connectivity index (χ3n) is 2.11. The molecule has 2 N–H and O–H groups in total. The molecule has 4 nitrogen and oxygen atoms in total. The summed E-state index contributed by atoms with van der Waals surface area (Å²) in [5.74, 6) is -0.0516. The summed E-state index contributed by atoms with van der Waals surface area (Å²) in [4.78, 5) is 11.4. The lowest BCUT2D eigenvalue weighted by molar-refractivity contribution is 0.0953. The normalized spacial score (nSPS) is 10.2. The number of nitrogens with zero attached hydrogens (tertiary/aromatic N) is 1. The molecule has 0 atom stereocenters. The second-order valence-electron chi connectivity index (χ2n) is 3.35. The van der Waals surface area contributed by atoms with Gasteiger partial charge in [-0.15, -0.1) is 0 Å². The summed E-state index contributed by atoms with van der Waals surface area (Å²) in [6, 6.07) is 0. The minimum Gasteiger partial charge on any atom is -0.352 e. The van der Waals surface area contributed by atoms with Crippen molar-refractivity contribution in [3.05, 3.63) is 18.0 Å². The van der Waals surface area contributed by atoms with E-state index in [-0.39, 0.29) is 5.91 Å². The molecular weight excluding hydrogens is 258 g/mol. The van der Waals surface area contributed by atoms with Crippen molar-refractivity contribution < 1.29 is 4.79 Å². The zero-order chi connectivity index (χ0) is 10.9. The summed E-state index contributed by atoms with van der Waals surface area (Å²) >= 11 is 3.39. The molecule has 0 aliphatic carbocycles. The number of alkyl halides is 1. The average molecular weight is 274 g/mol. The van der Waals surface area contributed by atoms with Gasteiger partial charge in [0.15, 0.2) is 0 Å². The molecule has 0 radical (unpaired) electrons. The highest BCUT2D eigenvalue weighted by molar-refractivity contribution is 9.09. The molecule has 0 saturated heterocycles. The van der Waals surface area contributed by atoms with E-state index in [0.29, 0.717) is 5.56 Å². The van der Waals surface area contributed by atoms with Crippen molar-refractivity contribution in [2.24, 2.45) is 0 Å². The van der Waals surface area contributed by atoms with E-state index in [1.807, 2.05) is 0 Å². The summed E-state index contributed by atoms with van der Waals surface area (Å²) in [5, 5.41) is 10.2. The SMILES string of the molecule is O=C(NCCCCCCBr)c1cn[nH]c1. The Morgan fingerprint density at radius 3 is 2.87 bits per heavy atom. The topological polar surface area (TPSA) is 57.8 Å². The Bertz CT molecular complexity index is 274. The smallest absolute Gasteiger partial charge is 0.254 e. The number of halogens is 1. The first-order valence-corrected chi connectivity index (χ1v) is 6.29. The Labute approximate surface area is 98.0 Å². The minimum atomic E-state index is -0.0516. The van der Waals surface area contributed by atoms with Crippen LogP contribution in [0.4, 0.5) is 0 Å². The van der Waals surface area contributed by atoms with Gasteiger partial charge in [-0.2, -0.15) is 5.10 Å². The molecule has 0 unspecified atom stereocenters. The number of nitrogens with one attached hydrogen (secondary N) is 2. The zero-order valence-corrected chi connectivity index (χ0v) is 10.2. The van der Waals surface area contributed by atoms with Gasteiger partial charge in [-0.3, -0.25) is 9.89 Å². The second-order valence-corrected chi connectivity index (χ2v) is 4.14. The lowest BCUT2D eigenvalue weighted by Gasteiger charge is -2.02. The van der Waals surface area contributed by atoms with Crippen LogP contribution in [0.2, 0.25) is 0 Å². The van der Waals surface area contributed by atoms with Crippen molar-refractivity contribution >= 4 is 21.8 Å². The van der Waals surface area contributed by atoms with Crippen LogP contribution in [-0.2, 0) is 0 Å². The van der Waals surface area contributed by atoms with Crippen LogP contribution in [0.3, 0.4) is 0 Å². The highest BCUT2D eigenvalue weighted by Crippen LogP contribution is 2.01. The lowest BCUT2D eigenvalue weighted by Crippen LogP contribution is -2.23. The first-order valence-electron chi connectivity index (χ1n) is 5.17. The number of aromatic amines is 1. The number of amides is 1. The van der Waals surface area contributed by atoms with Gasteiger partial charge >= 0.3 is 0 Å². The van der Waals surface area contributed by atoms with Crippen LogP contribution in [0.15, 0.2) is 12.4 Å². The van der Waals surface area contributed by atoms with Crippen molar-refractivity contribution in [1.82, 2.24) is 15.5 Å². The molecule has 1 aromatic rings. The molecule has 15 heavy (non-hydrogen) atoms. The van der Waals surface area contributed by atoms with Crippen LogP contribution >= 0.6 is 15.9 Å². The Morgan fingerprint density at radius 2 is 2.20 bits per heavy atom. The molecule has 0 spiro atoms. The summed E-state index contributed by atoms with van der Waals surface area (Å²) < 4.78 is 0. The van der Waals surface area contributed by atoms with E-state index in [9.17, 15) is 4.79 Å². The molecular formula is C10H16BrN3O. The van der Waals surface area contributed by atoms with E-state index in [1.165, 1.54) is 19.0 Å². The van der Waals surface area contributed by atoms with Gasteiger partial charge < -0.3 is 5.32 Å². The number of unbranched alkanes of at least 4 members (excludes halogenated alkanes) is 3. The van der Waals surface area contributed by atoms with Gasteiger partial charge in [-0.05, 0) is 12.8 Å². The Kier molecular flexibility index (Phi) is 6.08. The molecule has 84 valence electrons. The van der Waals surface area contributed by atoms with Gasteiger partial charge in [0.2, 0.25) is 0 Å². The number of rotatable bonds is 7. The molecule has 5 heteroatoms. The standard InChI is InChI=1S/C10H16BrN3O/c11-5-3-1-2-4-6-12-10(15)9-7-13-14-8-9/h7-8H,1-6H2,(H,12,15)(H,13,14).